The maximum atomic E-state index is 13.0. The Morgan fingerprint density at radius 2 is 1.30 bits per heavy atom. The highest BCUT2D eigenvalue weighted by Gasteiger charge is 2.42. The van der Waals surface area contributed by atoms with Crippen molar-refractivity contribution in [2.45, 2.75) is 25.7 Å². The number of anilines is 1. The van der Waals surface area contributed by atoms with E-state index < -0.39 is 11.8 Å². The molecule has 30 heavy (non-hydrogen) atoms. The van der Waals surface area contributed by atoms with Gasteiger partial charge in [-0.3, -0.25) is 14.4 Å². The summed E-state index contributed by atoms with van der Waals surface area (Å²) in [4.78, 5) is 41.8. The monoisotopic (exact) mass is 484 g/mol. The molecule has 1 fully saturated rings. The smallest absolute Gasteiger partial charge is 0.267 e. The van der Waals surface area contributed by atoms with Gasteiger partial charge in [0.2, 0.25) is 0 Å². The summed E-state index contributed by atoms with van der Waals surface area (Å²) in [5, 5.41) is -0.428. The van der Waals surface area contributed by atoms with Crippen LogP contribution in [0.3, 0.4) is 0 Å². The van der Waals surface area contributed by atoms with E-state index in [4.69, 9.17) is 46.4 Å². The van der Waals surface area contributed by atoms with Crippen molar-refractivity contribution < 1.29 is 14.4 Å². The van der Waals surface area contributed by atoms with Gasteiger partial charge in [-0.25, -0.2) is 4.90 Å². The number of amides is 3. The number of carbonyl (C=O) groups is 3. The minimum atomic E-state index is -0.667. The van der Waals surface area contributed by atoms with Crippen LogP contribution in [0.4, 0.5) is 5.69 Å². The Labute approximate surface area is 193 Å². The van der Waals surface area contributed by atoms with Gasteiger partial charge in [0.1, 0.15) is 0 Å². The van der Waals surface area contributed by atoms with Gasteiger partial charge in [-0.05, 0) is 31.0 Å². The quantitative estimate of drug-likeness (QED) is 0.292. The summed E-state index contributed by atoms with van der Waals surface area (Å²) in [7, 11) is 0. The van der Waals surface area contributed by atoms with Crippen molar-refractivity contribution in [3.63, 3.8) is 0 Å². The first-order valence-corrected chi connectivity index (χ1v) is 11.0. The molecule has 0 spiro atoms. The fourth-order valence-electron chi connectivity index (χ4n) is 3.82. The van der Waals surface area contributed by atoms with Gasteiger partial charge in [0.05, 0.1) is 36.9 Å². The van der Waals surface area contributed by atoms with Crippen LogP contribution in [0.1, 0.15) is 56.8 Å². The number of carbonyl (C=O) groups excluding carboxylic acids is 3. The van der Waals surface area contributed by atoms with E-state index in [0.717, 1.165) is 30.6 Å². The normalized spacial score (nSPS) is 16.7. The van der Waals surface area contributed by atoms with E-state index in [2.05, 4.69) is 0 Å². The van der Waals surface area contributed by atoms with Gasteiger partial charge in [0.25, 0.3) is 17.7 Å². The lowest BCUT2D eigenvalue weighted by atomic mass is 10.1. The fraction of sp³-hybridized carbons (Fsp3) is 0.286. The number of hydrogen-bond acceptors (Lipinski definition) is 3. The second kappa shape index (κ2) is 8.39. The summed E-state index contributed by atoms with van der Waals surface area (Å²) in [6.45, 7) is 1.39. The zero-order valence-corrected chi connectivity index (χ0v) is 18.7. The van der Waals surface area contributed by atoms with Crippen molar-refractivity contribution in [3.8, 4) is 0 Å². The first-order chi connectivity index (χ1) is 14.3. The van der Waals surface area contributed by atoms with Crippen LogP contribution in [0.2, 0.25) is 20.1 Å². The Bertz CT molecular complexity index is 1030. The minimum absolute atomic E-state index is 0.0878. The molecule has 0 unspecified atom stereocenters. The molecule has 2 aliphatic rings. The van der Waals surface area contributed by atoms with Crippen LogP contribution in [0, 0.1) is 0 Å². The van der Waals surface area contributed by atoms with Crippen LogP contribution < -0.4 is 4.90 Å². The average Bonchev–Trinajstić information content (AvgIpc) is 2.92. The second-order valence-corrected chi connectivity index (χ2v) is 8.72. The van der Waals surface area contributed by atoms with Gasteiger partial charge in [0, 0.05) is 18.7 Å². The molecule has 9 heteroatoms. The standard InChI is InChI=1S/C21H16Cl4N2O3/c22-15-13-14(16(23)18(25)17(15)24)21(30)27(20(13)29)12-7-5-6-11(10-12)19(28)26-8-3-1-2-4-9-26/h5-7,10H,1-4,8-9H2. The van der Waals surface area contributed by atoms with Crippen LogP contribution in [0.15, 0.2) is 24.3 Å². The SMILES string of the molecule is O=C(c1cccc(N2C(=O)c3c(Cl)c(Cl)c(Cl)c(Cl)c3C2=O)c1)N1CCCCCC1. The molecule has 5 nitrogen and oxygen atoms in total. The van der Waals surface area contributed by atoms with Crippen LogP contribution in [-0.2, 0) is 0 Å². The van der Waals surface area contributed by atoms with Gasteiger partial charge >= 0.3 is 0 Å². The molecule has 0 radical (unpaired) electrons. The number of fused-ring (bicyclic) bond motifs is 1. The van der Waals surface area contributed by atoms with Crippen LogP contribution in [0.25, 0.3) is 0 Å². The third kappa shape index (κ3) is 3.48. The number of hydrogen-bond donors (Lipinski definition) is 0. The Morgan fingerprint density at radius 3 is 1.83 bits per heavy atom. The van der Waals surface area contributed by atoms with Crippen LogP contribution in [-0.4, -0.2) is 35.7 Å². The molecule has 4 rings (SSSR count). The molecule has 0 atom stereocenters. The molecular weight excluding hydrogens is 470 g/mol. The van der Waals surface area contributed by atoms with Crippen LogP contribution in [0.5, 0.6) is 0 Å². The molecule has 0 aromatic heterocycles. The fourth-order valence-corrected chi connectivity index (χ4v) is 4.83. The van der Waals surface area contributed by atoms with E-state index in [-0.39, 0.29) is 42.8 Å². The van der Waals surface area contributed by atoms with E-state index >= 15 is 0 Å². The summed E-state index contributed by atoms with van der Waals surface area (Å²) in [5.74, 6) is -1.46. The molecule has 0 bridgehead atoms. The molecule has 0 saturated carbocycles. The van der Waals surface area contributed by atoms with Gasteiger partial charge in [-0.15, -0.1) is 0 Å². The molecule has 3 amide bonds. The van der Waals surface area contributed by atoms with Crippen molar-refractivity contribution in [2.75, 3.05) is 18.0 Å². The maximum absolute atomic E-state index is 13.0. The highest BCUT2D eigenvalue weighted by molar-refractivity contribution is 6.56. The highest BCUT2D eigenvalue weighted by atomic mass is 35.5. The number of nitrogens with zero attached hydrogens (tertiary/aromatic N) is 2. The first-order valence-electron chi connectivity index (χ1n) is 9.47. The summed E-state index contributed by atoms with van der Waals surface area (Å²) in [6, 6.07) is 6.40. The average molecular weight is 486 g/mol. The molecule has 0 N–H and O–H groups in total. The lowest BCUT2D eigenvalue weighted by Crippen LogP contribution is -2.33. The predicted molar refractivity (Wildman–Crippen MR) is 118 cm³/mol. The molecule has 2 aromatic carbocycles. The van der Waals surface area contributed by atoms with Gasteiger partial charge < -0.3 is 4.90 Å². The van der Waals surface area contributed by atoms with Gasteiger partial charge in [-0.1, -0.05) is 65.3 Å². The molecule has 0 aliphatic carbocycles. The third-order valence-corrected chi connectivity index (χ3v) is 7.15. The largest absolute Gasteiger partial charge is 0.339 e. The van der Waals surface area contributed by atoms with E-state index in [0.29, 0.717) is 18.7 Å². The zero-order valence-electron chi connectivity index (χ0n) is 15.7. The van der Waals surface area contributed by atoms with Crippen molar-refractivity contribution in [1.29, 1.82) is 0 Å². The minimum Gasteiger partial charge on any atom is -0.339 e. The molecule has 2 heterocycles. The summed E-state index contributed by atoms with van der Waals surface area (Å²) in [6.07, 6.45) is 4.13. The molecular formula is C21H16Cl4N2O3. The summed E-state index contributed by atoms with van der Waals surface area (Å²) in [5.41, 5.74) is 0.469. The van der Waals surface area contributed by atoms with Crippen molar-refractivity contribution in [2.24, 2.45) is 0 Å². The third-order valence-electron chi connectivity index (χ3n) is 5.35. The first kappa shape index (κ1) is 21.4. The Balaban J connectivity index is 1.72. The van der Waals surface area contributed by atoms with Crippen molar-refractivity contribution in [3.05, 3.63) is 61.0 Å². The van der Waals surface area contributed by atoms with Crippen molar-refractivity contribution >= 4 is 69.8 Å². The number of imide groups is 1. The highest BCUT2D eigenvalue weighted by Crippen LogP contribution is 2.45. The number of rotatable bonds is 2. The van der Waals surface area contributed by atoms with Gasteiger partial charge in [0.15, 0.2) is 0 Å². The lowest BCUT2D eigenvalue weighted by Gasteiger charge is -2.21. The lowest BCUT2D eigenvalue weighted by molar-refractivity contribution is 0.0760. The predicted octanol–water partition coefficient (Wildman–Crippen LogP) is 6.12. The summed E-state index contributed by atoms with van der Waals surface area (Å²) >= 11 is 24.5. The molecule has 156 valence electrons. The number of likely N-dealkylation sites (tertiary alicyclic amines) is 1. The van der Waals surface area contributed by atoms with Crippen LogP contribution >= 0.6 is 46.4 Å². The Morgan fingerprint density at radius 1 is 0.767 bits per heavy atom. The van der Waals surface area contributed by atoms with Gasteiger partial charge in [-0.2, -0.15) is 0 Å². The zero-order chi connectivity index (χ0) is 21.6. The van der Waals surface area contributed by atoms with E-state index in [9.17, 15) is 14.4 Å². The van der Waals surface area contributed by atoms with E-state index in [1.165, 1.54) is 6.07 Å². The maximum Gasteiger partial charge on any atom is 0.267 e. The Hall–Kier alpha value is -1.79. The second-order valence-electron chi connectivity index (χ2n) is 7.21. The molecule has 2 aromatic rings. The topological polar surface area (TPSA) is 57.7 Å². The van der Waals surface area contributed by atoms with E-state index in [1.807, 2.05) is 4.90 Å². The number of benzene rings is 2. The van der Waals surface area contributed by atoms with Crippen molar-refractivity contribution in [1.82, 2.24) is 4.90 Å². The van der Waals surface area contributed by atoms with E-state index in [1.54, 1.807) is 18.2 Å². The number of halogens is 4. The molecule has 2 aliphatic heterocycles. The Kier molecular flexibility index (Phi) is 5.99. The molecule has 1 saturated heterocycles. The summed E-state index contributed by atoms with van der Waals surface area (Å²) < 4.78 is 0.